The molecular formula is C21H27NO4S. The van der Waals surface area contributed by atoms with Crippen molar-refractivity contribution in [3.8, 4) is 11.8 Å². The van der Waals surface area contributed by atoms with Gasteiger partial charge in [0.15, 0.2) is 0 Å². The third-order valence-corrected chi connectivity index (χ3v) is 5.92. The molecule has 6 heteroatoms. The topological polar surface area (TPSA) is 77.8 Å². The van der Waals surface area contributed by atoms with Crippen LogP contribution < -0.4 is 0 Å². The summed E-state index contributed by atoms with van der Waals surface area (Å²) in [4.78, 5) is 26.3. The van der Waals surface area contributed by atoms with Crippen LogP contribution in [0.15, 0.2) is 24.3 Å². The molecule has 1 fully saturated rings. The van der Waals surface area contributed by atoms with Gasteiger partial charge in [0.25, 0.3) is 0 Å². The number of likely N-dealkylation sites (tertiary alicyclic amines) is 1. The van der Waals surface area contributed by atoms with Gasteiger partial charge in [0.1, 0.15) is 4.88 Å². The van der Waals surface area contributed by atoms with Crippen LogP contribution in [0.5, 0.6) is 0 Å². The van der Waals surface area contributed by atoms with E-state index >= 15 is 0 Å². The van der Waals surface area contributed by atoms with Crippen LogP contribution in [0.4, 0.5) is 0 Å². The molecule has 1 aliphatic rings. The van der Waals surface area contributed by atoms with E-state index in [2.05, 4.69) is 11.8 Å². The monoisotopic (exact) mass is 389 g/mol. The van der Waals surface area contributed by atoms with Gasteiger partial charge in [0.05, 0.1) is 12.1 Å². The van der Waals surface area contributed by atoms with Crippen molar-refractivity contribution in [2.24, 2.45) is 5.92 Å². The highest BCUT2D eigenvalue weighted by Gasteiger charge is 2.28. The molecule has 2 N–H and O–H groups in total. The van der Waals surface area contributed by atoms with Gasteiger partial charge >= 0.3 is 5.97 Å². The van der Waals surface area contributed by atoms with Gasteiger partial charge in [-0.25, -0.2) is 4.79 Å². The van der Waals surface area contributed by atoms with E-state index in [0.29, 0.717) is 24.3 Å². The second kappa shape index (κ2) is 10.3. The van der Waals surface area contributed by atoms with Gasteiger partial charge in [-0.2, -0.15) is 0 Å². The minimum Gasteiger partial charge on any atom is -0.477 e. The average Bonchev–Trinajstić information content (AvgIpc) is 3.25. The number of thiophene rings is 1. The highest BCUT2D eigenvalue weighted by atomic mass is 32.1. The molecule has 2 rings (SSSR count). The van der Waals surface area contributed by atoms with Gasteiger partial charge in [0.2, 0.25) is 5.91 Å². The number of aliphatic hydroxyl groups excluding tert-OH is 1. The summed E-state index contributed by atoms with van der Waals surface area (Å²) in [5.74, 6) is 5.12. The third-order valence-electron chi connectivity index (χ3n) is 4.78. The van der Waals surface area contributed by atoms with E-state index in [0.717, 1.165) is 24.1 Å². The minimum absolute atomic E-state index is 0.0227. The van der Waals surface area contributed by atoms with Crippen LogP contribution in [-0.4, -0.2) is 45.7 Å². The Hall–Kier alpha value is -2.10. The molecule has 146 valence electrons. The molecule has 3 atom stereocenters. The number of aliphatic hydroxyl groups is 1. The van der Waals surface area contributed by atoms with Gasteiger partial charge < -0.3 is 15.1 Å². The Kier molecular flexibility index (Phi) is 8.08. The number of carbonyl (C=O) groups is 2. The normalized spacial score (nSPS) is 19.1. The van der Waals surface area contributed by atoms with E-state index in [1.807, 2.05) is 24.0 Å². The Labute approximate surface area is 164 Å². The van der Waals surface area contributed by atoms with Crippen LogP contribution >= 0.6 is 11.3 Å². The fourth-order valence-corrected chi connectivity index (χ4v) is 4.00. The Morgan fingerprint density at radius 3 is 2.93 bits per heavy atom. The van der Waals surface area contributed by atoms with Gasteiger partial charge in [0, 0.05) is 24.3 Å². The van der Waals surface area contributed by atoms with Crippen molar-refractivity contribution in [3.63, 3.8) is 0 Å². The molecule has 0 aromatic carbocycles. The molecule has 1 aromatic rings. The molecule has 0 saturated carbocycles. The Balaban J connectivity index is 1.86. The number of aromatic carboxylic acids is 1. The maximum Gasteiger partial charge on any atom is 0.345 e. The number of amides is 1. The van der Waals surface area contributed by atoms with Crippen molar-refractivity contribution in [1.82, 2.24) is 4.90 Å². The maximum absolute atomic E-state index is 12.2. The summed E-state index contributed by atoms with van der Waals surface area (Å²) in [7, 11) is 0. The van der Waals surface area contributed by atoms with Crippen LogP contribution in [-0.2, 0) is 11.2 Å². The van der Waals surface area contributed by atoms with Crippen molar-refractivity contribution in [2.75, 3.05) is 6.54 Å². The second-order valence-electron chi connectivity index (χ2n) is 6.85. The van der Waals surface area contributed by atoms with E-state index in [9.17, 15) is 14.7 Å². The summed E-state index contributed by atoms with van der Waals surface area (Å²) in [6.07, 6.45) is 6.67. The molecule has 2 unspecified atom stereocenters. The van der Waals surface area contributed by atoms with E-state index in [1.54, 1.807) is 19.1 Å². The first-order chi connectivity index (χ1) is 12.9. The fourth-order valence-electron chi connectivity index (χ4n) is 3.11. The first-order valence-electron chi connectivity index (χ1n) is 9.29. The first-order valence-corrected chi connectivity index (χ1v) is 10.1. The van der Waals surface area contributed by atoms with Crippen molar-refractivity contribution in [3.05, 3.63) is 34.0 Å². The number of aryl methyl sites for hydroxylation is 1. The first kappa shape index (κ1) is 21.2. The molecule has 0 bridgehead atoms. The molecule has 5 nitrogen and oxygen atoms in total. The molecule has 1 amide bonds. The van der Waals surface area contributed by atoms with Crippen LogP contribution in [0.2, 0.25) is 0 Å². The molecule has 1 aromatic heterocycles. The van der Waals surface area contributed by atoms with Crippen molar-refractivity contribution < 1.29 is 19.8 Å². The summed E-state index contributed by atoms with van der Waals surface area (Å²) in [6.45, 7) is 4.39. The number of hydrogen-bond donors (Lipinski definition) is 2. The lowest BCUT2D eigenvalue weighted by molar-refractivity contribution is -0.128. The zero-order valence-electron chi connectivity index (χ0n) is 15.9. The Morgan fingerprint density at radius 2 is 2.26 bits per heavy atom. The fraction of sp³-hybridized carbons (Fsp3) is 0.524. The summed E-state index contributed by atoms with van der Waals surface area (Å²) in [5.41, 5.74) is 0. The Bertz CT molecular complexity index is 743. The van der Waals surface area contributed by atoms with E-state index < -0.39 is 12.1 Å². The van der Waals surface area contributed by atoms with Crippen LogP contribution in [0.25, 0.3) is 0 Å². The van der Waals surface area contributed by atoms with Crippen LogP contribution in [0, 0.1) is 17.8 Å². The van der Waals surface area contributed by atoms with Crippen molar-refractivity contribution in [1.29, 1.82) is 0 Å². The standard InChI is InChI=1S/C21H27NO4S/c1-3-4-6-15(2)18(23)11-8-16-9-13-20(24)22(16)14-5-7-17-10-12-19(27-17)21(25)26/h8,10-12,15-16,18,23H,5-7,9,13-14H2,1-2H3,(H,25,26)/b11-8+/t15?,16-,18?/m0/s1. The predicted molar refractivity (Wildman–Crippen MR) is 107 cm³/mol. The number of carbonyl (C=O) groups excluding carboxylic acids is 1. The summed E-state index contributed by atoms with van der Waals surface area (Å²) < 4.78 is 0. The largest absolute Gasteiger partial charge is 0.477 e. The van der Waals surface area contributed by atoms with Crippen molar-refractivity contribution >= 4 is 23.2 Å². The summed E-state index contributed by atoms with van der Waals surface area (Å²) >= 11 is 1.29. The molecule has 0 radical (unpaired) electrons. The summed E-state index contributed by atoms with van der Waals surface area (Å²) in [6, 6.07) is 3.49. The molecule has 0 aliphatic carbocycles. The van der Waals surface area contributed by atoms with Crippen LogP contribution in [0.3, 0.4) is 0 Å². The number of nitrogens with zero attached hydrogens (tertiary/aromatic N) is 1. The highest BCUT2D eigenvalue weighted by molar-refractivity contribution is 7.13. The highest BCUT2D eigenvalue weighted by Crippen LogP contribution is 2.23. The van der Waals surface area contributed by atoms with Gasteiger partial charge in [-0.15, -0.1) is 23.2 Å². The lowest BCUT2D eigenvalue weighted by Gasteiger charge is -2.23. The van der Waals surface area contributed by atoms with Gasteiger partial charge in [-0.05, 0) is 44.2 Å². The van der Waals surface area contributed by atoms with Crippen molar-refractivity contribution in [2.45, 2.75) is 58.1 Å². The number of carboxylic acids is 1. The van der Waals surface area contributed by atoms with Gasteiger partial charge in [-0.1, -0.05) is 19.1 Å². The number of carboxylic acid groups (broad SMARTS) is 1. The van der Waals surface area contributed by atoms with E-state index in [4.69, 9.17) is 5.11 Å². The SMILES string of the molecule is CC#CCC(C)C(O)/C=C/[C@H]1CCC(=O)N1CCCc1ccc(C(=O)O)s1. The molecule has 1 aliphatic heterocycles. The summed E-state index contributed by atoms with van der Waals surface area (Å²) in [5, 5.41) is 19.2. The number of rotatable bonds is 9. The second-order valence-corrected chi connectivity index (χ2v) is 8.02. The van der Waals surface area contributed by atoms with E-state index in [-0.39, 0.29) is 17.9 Å². The zero-order valence-corrected chi connectivity index (χ0v) is 16.7. The molecule has 27 heavy (non-hydrogen) atoms. The molecule has 1 saturated heterocycles. The number of hydrogen-bond acceptors (Lipinski definition) is 4. The average molecular weight is 390 g/mol. The zero-order chi connectivity index (χ0) is 19.8. The lowest BCUT2D eigenvalue weighted by atomic mass is 10.00. The quantitative estimate of drug-likeness (QED) is 0.502. The van der Waals surface area contributed by atoms with Crippen LogP contribution in [0.1, 0.15) is 54.1 Å². The maximum atomic E-state index is 12.2. The van der Waals surface area contributed by atoms with E-state index in [1.165, 1.54) is 11.3 Å². The van der Waals surface area contributed by atoms with Gasteiger partial charge in [-0.3, -0.25) is 4.79 Å². The molecule has 2 heterocycles. The lowest BCUT2D eigenvalue weighted by Crippen LogP contribution is -2.33. The predicted octanol–water partition coefficient (Wildman–Crippen LogP) is 3.34. The third kappa shape index (κ3) is 6.23. The molecule has 0 spiro atoms. The molecular weight excluding hydrogens is 362 g/mol. The smallest absolute Gasteiger partial charge is 0.345 e. The Morgan fingerprint density at radius 1 is 1.48 bits per heavy atom. The minimum atomic E-state index is -0.899.